The zero-order valence-electron chi connectivity index (χ0n) is 7.83. The van der Waals surface area contributed by atoms with Crippen LogP contribution in [0.5, 0.6) is 0 Å². The molecule has 4 heteroatoms. The summed E-state index contributed by atoms with van der Waals surface area (Å²) in [5.74, 6) is -1.53. The second-order valence-corrected chi connectivity index (χ2v) is 3.13. The van der Waals surface area contributed by atoms with E-state index in [-0.39, 0.29) is 12.2 Å². The number of halogens is 1. The molecule has 0 aliphatic rings. The molecule has 0 radical (unpaired) electrons. The Balaban J connectivity index is 3.02. The van der Waals surface area contributed by atoms with Crippen molar-refractivity contribution in [1.29, 1.82) is 0 Å². The Morgan fingerprint density at radius 2 is 2.29 bits per heavy atom. The summed E-state index contributed by atoms with van der Waals surface area (Å²) < 4.78 is 13.2. The molecule has 1 amide bonds. The van der Waals surface area contributed by atoms with Crippen LogP contribution < -0.4 is 5.73 Å². The smallest absolute Gasteiger partial charge is 0.224 e. The van der Waals surface area contributed by atoms with Gasteiger partial charge in [0.25, 0.3) is 0 Å². The molecule has 3 nitrogen and oxygen atoms in total. The number of benzene rings is 1. The first-order valence-corrected chi connectivity index (χ1v) is 4.24. The van der Waals surface area contributed by atoms with E-state index in [1.54, 1.807) is 13.0 Å². The van der Waals surface area contributed by atoms with Crippen LogP contribution in [0, 0.1) is 5.82 Å². The number of primary amides is 1. The van der Waals surface area contributed by atoms with Gasteiger partial charge in [0.1, 0.15) is 5.82 Å². The summed E-state index contributed by atoms with van der Waals surface area (Å²) >= 11 is 0. The van der Waals surface area contributed by atoms with Crippen LogP contribution in [0.15, 0.2) is 18.2 Å². The van der Waals surface area contributed by atoms with Crippen molar-refractivity contribution in [2.75, 3.05) is 0 Å². The molecular formula is C10H12FNO2. The number of rotatable bonds is 3. The molecule has 0 saturated carbocycles. The highest BCUT2D eigenvalue weighted by Gasteiger charge is 2.13. The molecule has 0 aliphatic heterocycles. The largest absolute Gasteiger partial charge is 0.392 e. The fraction of sp³-hybridized carbons (Fsp3) is 0.300. The van der Waals surface area contributed by atoms with Gasteiger partial charge in [-0.15, -0.1) is 0 Å². The maximum atomic E-state index is 13.2. The van der Waals surface area contributed by atoms with Crippen LogP contribution in [-0.2, 0) is 11.4 Å². The van der Waals surface area contributed by atoms with Crippen LogP contribution in [0.2, 0.25) is 0 Å². The Morgan fingerprint density at radius 3 is 2.71 bits per heavy atom. The molecular weight excluding hydrogens is 185 g/mol. The van der Waals surface area contributed by atoms with Crippen LogP contribution in [0.3, 0.4) is 0 Å². The average molecular weight is 197 g/mol. The van der Waals surface area contributed by atoms with Crippen molar-refractivity contribution in [1.82, 2.24) is 0 Å². The number of nitrogens with two attached hydrogens (primary N) is 1. The fourth-order valence-corrected chi connectivity index (χ4v) is 1.13. The van der Waals surface area contributed by atoms with Gasteiger partial charge in [-0.1, -0.05) is 12.1 Å². The monoisotopic (exact) mass is 197 g/mol. The standard InChI is InChI=1S/C10H12FNO2/c1-6(10(12)14)7-2-3-8(5-13)9(11)4-7/h2-4,6,13H,5H2,1H3,(H2,12,14). The third kappa shape index (κ3) is 2.09. The van der Waals surface area contributed by atoms with E-state index in [4.69, 9.17) is 10.8 Å². The molecule has 76 valence electrons. The van der Waals surface area contributed by atoms with Gasteiger partial charge in [-0.3, -0.25) is 4.79 Å². The third-order valence-corrected chi connectivity index (χ3v) is 2.17. The lowest BCUT2D eigenvalue weighted by atomic mass is 9.99. The summed E-state index contributed by atoms with van der Waals surface area (Å²) in [5.41, 5.74) is 5.81. The summed E-state index contributed by atoms with van der Waals surface area (Å²) in [5, 5.41) is 8.73. The molecule has 0 aliphatic carbocycles. The van der Waals surface area contributed by atoms with Crippen LogP contribution >= 0.6 is 0 Å². The van der Waals surface area contributed by atoms with E-state index in [1.165, 1.54) is 12.1 Å². The first-order valence-electron chi connectivity index (χ1n) is 4.24. The lowest BCUT2D eigenvalue weighted by Crippen LogP contribution is -2.18. The van der Waals surface area contributed by atoms with Gasteiger partial charge in [0.15, 0.2) is 0 Å². The van der Waals surface area contributed by atoms with Gasteiger partial charge in [0.2, 0.25) is 5.91 Å². The highest BCUT2D eigenvalue weighted by atomic mass is 19.1. The molecule has 0 spiro atoms. The second kappa shape index (κ2) is 4.19. The number of amides is 1. The Morgan fingerprint density at radius 1 is 1.64 bits per heavy atom. The lowest BCUT2D eigenvalue weighted by Gasteiger charge is -2.08. The quantitative estimate of drug-likeness (QED) is 0.756. The number of carbonyl (C=O) groups is 1. The van der Waals surface area contributed by atoms with Crippen molar-refractivity contribution in [3.63, 3.8) is 0 Å². The van der Waals surface area contributed by atoms with Crippen molar-refractivity contribution >= 4 is 5.91 Å². The zero-order chi connectivity index (χ0) is 10.7. The number of hydrogen-bond donors (Lipinski definition) is 2. The zero-order valence-corrected chi connectivity index (χ0v) is 7.83. The molecule has 1 aromatic carbocycles. The highest BCUT2D eigenvalue weighted by molar-refractivity contribution is 5.81. The summed E-state index contributed by atoms with van der Waals surface area (Å²) in [6.45, 7) is 1.26. The topological polar surface area (TPSA) is 63.3 Å². The van der Waals surface area contributed by atoms with Crippen molar-refractivity contribution in [2.45, 2.75) is 19.4 Å². The predicted octanol–water partition coefficient (Wildman–Crippen LogP) is 0.907. The Kier molecular flexibility index (Phi) is 3.19. The first kappa shape index (κ1) is 10.7. The molecule has 0 heterocycles. The molecule has 1 unspecified atom stereocenters. The predicted molar refractivity (Wildman–Crippen MR) is 49.9 cm³/mol. The van der Waals surface area contributed by atoms with Gasteiger partial charge in [-0.25, -0.2) is 4.39 Å². The number of hydrogen-bond acceptors (Lipinski definition) is 2. The minimum atomic E-state index is -0.516. The second-order valence-electron chi connectivity index (χ2n) is 3.13. The summed E-state index contributed by atoms with van der Waals surface area (Å²) in [6, 6.07) is 4.26. The van der Waals surface area contributed by atoms with Gasteiger partial charge in [-0.05, 0) is 18.6 Å². The van der Waals surface area contributed by atoms with E-state index in [9.17, 15) is 9.18 Å². The summed E-state index contributed by atoms with van der Waals surface area (Å²) in [6.07, 6.45) is 0. The van der Waals surface area contributed by atoms with Gasteiger partial charge < -0.3 is 10.8 Å². The lowest BCUT2D eigenvalue weighted by molar-refractivity contribution is -0.119. The van der Waals surface area contributed by atoms with E-state index >= 15 is 0 Å². The summed E-state index contributed by atoms with van der Waals surface area (Å²) in [4.78, 5) is 10.8. The molecule has 0 aromatic heterocycles. The van der Waals surface area contributed by atoms with Gasteiger partial charge in [0, 0.05) is 5.56 Å². The minimum absolute atomic E-state index is 0.213. The Bertz CT molecular complexity index is 352. The van der Waals surface area contributed by atoms with Gasteiger partial charge >= 0.3 is 0 Å². The van der Waals surface area contributed by atoms with Crippen molar-refractivity contribution in [3.05, 3.63) is 35.1 Å². The molecule has 1 atom stereocenters. The number of aliphatic hydroxyl groups is 1. The first-order chi connectivity index (χ1) is 6.56. The van der Waals surface area contributed by atoms with E-state index in [0.717, 1.165) is 0 Å². The summed E-state index contributed by atoms with van der Waals surface area (Å²) in [7, 11) is 0. The maximum Gasteiger partial charge on any atom is 0.224 e. The van der Waals surface area contributed by atoms with Crippen LogP contribution in [0.1, 0.15) is 24.0 Å². The highest BCUT2D eigenvalue weighted by Crippen LogP contribution is 2.18. The molecule has 0 bridgehead atoms. The van der Waals surface area contributed by atoms with E-state index < -0.39 is 17.6 Å². The van der Waals surface area contributed by atoms with Crippen LogP contribution in [-0.4, -0.2) is 11.0 Å². The van der Waals surface area contributed by atoms with Gasteiger partial charge in [0.05, 0.1) is 12.5 Å². The Hall–Kier alpha value is -1.42. The molecule has 0 saturated heterocycles. The number of carbonyl (C=O) groups excluding carboxylic acids is 1. The van der Waals surface area contributed by atoms with Gasteiger partial charge in [-0.2, -0.15) is 0 Å². The van der Waals surface area contributed by atoms with Crippen molar-refractivity contribution in [2.24, 2.45) is 5.73 Å². The fourth-order valence-electron chi connectivity index (χ4n) is 1.13. The SMILES string of the molecule is CC(C(N)=O)c1ccc(CO)c(F)c1. The van der Waals surface area contributed by atoms with E-state index in [1.807, 2.05) is 0 Å². The van der Waals surface area contributed by atoms with Crippen LogP contribution in [0.25, 0.3) is 0 Å². The normalized spacial score (nSPS) is 12.5. The average Bonchev–Trinajstić information content (AvgIpc) is 2.16. The Labute approximate surface area is 81.4 Å². The minimum Gasteiger partial charge on any atom is -0.392 e. The van der Waals surface area contributed by atoms with Crippen molar-refractivity contribution in [3.8, 4) is 0 Å². The van der Waals surface area contributed by atoms with E-state index in [0.29, 0.717) is 5.56 Å². The number of aliphatic hydroxyl groups excluding tert-OH is 1. The molecule has 0 fully saturated rings. The van der Waals surface area contributed by atoms with Crippen LogP contribution in [0.4, 0.5) is 4.39 Å². The van der Waals surface area contributed by atoms with E-state index in [2.05, 4.69) is 0 Å². The molecule has 14 heavy (non-hydrogen) atoms. The molecule has 1 aromatic rings. The maximum absolute atomic E-state index is 13.2. The van der Waals surface area contributed by atoms with Crippen molar-refractivity contribution < 1.29 is 14.3 Å². The molecule has 1 rings (SSSR count). The molecule has 3 N–H and O–H groups in total. The third-order valence-electron chi connectivity index (χ3n) is 2.17.